The fraction of sp³-hybridized carbons (Fsp3) is 0.812. The fourth-order valence-corrected chi connectivity index (χ4v) is 5.84. The third-order valence-electron chi connectivity index (χ3n) is 5.51. The van der Waals surface area contributed by atoms with Gasteiger partial charge in [0.05, 0.1) is 25.0 Å². The average Bonchev–Trinajstić information content (AvgIpc) is 3.27. The summed E-state index contributed by atoms with van der Waals surface area (Å²) < 4.78 is 34.9. The number of ether oxygens (including phenoxy) is 1. The first-order valence-corrected chi connectivity index (χ1v) is 10.2. The third-order valence-corrected chi connectivity index (χ3v) is 7.86. The van der Waals surface area contributed by atoms with E-state index in [1.165, 1.54) is 0 Å². The molecule has 1 aromatic rings. The summed E-state index contributed by atoms with van der Waals surface area (Å²) in [5.41, 5.74) is -0.0797. The van der Waals surface area contributed by atoms with E-state index in [-0.39, 0.29) is 10.7 Å². The first kappa shape index (κ1) is 16.5. The number of hydrogen-bond donors (Lipinski definition) is 0. The van der Waals surface area contributed by atoms with Gasteiger partial charge in [0.15, 0.2) is 0 Å². The van der Waals surface area contributed by atoms with Gasteiger partial charge in [0.2, 0.25) is 10.0 Å². The fourth-order valence-electron chi connectivity index (χ4n) is 3.91. The molecule has 0 amide bonds. The maximum absolute atomic E-state index is 12.7. The van der Waals surface area contributed by atoms with Crippen molar-refractivity contribution in [3.05, 3.63) is 18.2 Å². The molecule has 1 aromatic heterocycles. The van der Waals surface area contributed by atoms with Gasteiger partial charge in [-0.15, -0.1) is 0 Å². The number of sulfonamides is 1. The lowest BCUT2D eigenvalue weighted by atomic mass is 9.88. The second-order valence-corrected chi connectivity index (χ2v) is 9.76. The molecule has 0 unspecified atom stereocenters. The Morgan fingerprint density at radius 2 is 2.17 bits per heavy atom. The minimum Gasteiger partial charge on any atom is -0.379 e. The number of aryl methyl sites for hydroxylation is 1. The average molecular weight is 354 g/mol. The van der Waals surface area contributed by atoms with Crippen molar-refractivity contribution < 1.29 is 13.2 Å². The highest BCUT2D eigenvalue weighted by atomic mass is 32.2. The minimum atomic E-state index is -3.13. The van der Waals surface area contributed by atoms with Crippen LogP contribution in [0.1, 0.15) is 25.1 Å². The Kier molecular flexibility index (Phi) is 4.19. The van der Waals surface area contributed by atoms with E-state index >= 15 is 0 Å². The molecule has 0 radical (unpaired) electrons. The Balaban J connectivity index is 1.47. The van der Waals surface area contributed by atoms with E-state index in [2.05, 4.69) is 9.88 Å². The highest BCUT2D eigenvalue weighted by Crippen LogP contribution is 2.38. The summed E-state index contributed by atoms with van der Waals surface area (Å²) in [7, 11) is -1.12. The molecule has 2 saturated heterocycles. The number of likely N-dealkylation sites (tertiary alicyclic amines) is 1. The summed E-state index contributed by atoms with van der Waals surface area (Å²) in [4.78, 5) is 6.77. The Bertz CT molecular complexity index is 700. The first-order chi connectivity index (χ1) is 11.5. The molecule has 4 rings (SSSR count). The van der Waals surface area contributed by atoms with E-state index in [0.29, 0.717) is 26.3 Å². The lowest BCUT2D eigenvalue weighted by molar-refractivity contribution is 0.0718. The van der Waals surface area contributed by atoms with Gasteiger partial charge in [0, 0.05) is 44.5 Å². The van der Waals surface area contributed by atoms with E-state index in [0.717, 1.165) is 44.7 Å². The highest BCUT2D eigenvalue weighted by Gasteiger charge is 2.47. The lowest BCUT2D eigenvalue weighted by Crippen LogP contribution is -2.44. The van der Waals surface area contributed by atoms with Gasteiger partial charge in [0.1, 0.15) is 5.82 Å². The van der Waals surface area contributed by atoms with Crippen molar-refractivity contribution in [3.8, 4) is 0 Å². The van der Waals surface area contributed by atoms with Crippen LogP contribution in [-0.2, 0) is 28.4 Å². The van der Waals surface area contributed by atoms with Gasteiger partial charge in [-0.05, 0) is 25.8 Å². The Labute approximate surface area is 143 Å². The van der Waals surface area contributed by atoms with Crippen LogP contribution in [0.5, 0.6) is 0 Å². The Morgan fingerprint density at radius 1 is 1.33 bits per heavy atom. The molecular formula is C16H26N4O3S. The summed E-state index contributed by atoms with van der Waals surface area (Å²) >= 11 is 0. The molecule has 1 spiro atoms. The third kappa shape index (κ3) is 3.12. The molecule has 2 aliphatic heterocycles. The molecule has 3 heterocycles. The Hall–Kier alpha value is -0.960. The summed E-state index contributed by atoms with van der Waals surface area (Å²) in [6, 6.07) is 0. The van der Waals surface area contributed by atoms with Crippen LogP contribution in [0.15, 0.2) is 12.4 Å². The molecule has 1 saturated carbocycles. The predicted octanol–water partition coefficient (Wildman–Crippen LogP) is 0.437. The molecule has 1 atom stereocenters. The molecule has 7 nitrogen and oxygen atoms in total. The molecule has 1 aliphatic carbocycles. The van der Waals surface area contributed by atoms with Gasteiger partial charge >= 0.3 is 0 Å². The van der Waals surface area contributed by atoms with Crippen molar-refractivity contribution in [1.82, 2.24) is 18.8 Å². The maximum atomic E-state index is 12.7. The summed E-state index contributed by atoms with van der Waals surface area (Å²) in [5.74, 6) is 1.05. The second kappa shape index (κ2) is 6.09. The van der Waals surface area contributed by atoms with Gasteiger partial charge in [-0.2, -0.15) is 4.31 Å². The molecule has 0 bridgehead atoms. The molecule has 3 fully saturated rings. The zero-order valence-corrected chi connectivity index (χ0v) is 15.0. The summed E-state index contributed by atoms with van der Waals surface area (Å²) in [5, 5.41) is -0.141. The topological polar surface area (TPSA) is 67.7 Å². The van der Waals surface area contributed by atoms with Gasteiger partial charge in [-0.3, -0.25) is 4.90 Å². The van der Waals surface area contributed by atoms with E-state index in [4.69, 9.17) is 4.74 Å². The molecule has 0 N–H and O–H groups in total. The van der Waals surface area contributed by atoms with Crippen molar-refractivity contribution in [2.24, 2.45) is 12.5 Å². The molecule has 3 aliphatic rings. The number of hydrogen-bond acceptors (Lipinski definition) is 5. The van der Waals surface area contributed by atoms with Gasteiger partial charge in [0.25, 0.3) is 0 Å². The number of aromatic nitrogens is 2. The van der Waals surface area contributed by atoms with Crippen molar-refractivity contribution in [3.63, 3.8) is 0 Å². The first-order valence-electron chi connectivity index (χ1n) is 8.74. The standard InChI is InChI=1S/C16H26N4O3S/c1-18-7-5-17-15(18)10-19-6-4-16(11-19)12-20(8-9-23-13-16)24(21,22)14-2-3-14/h5,7,14H,2-4,6,8-13H2,1H3/t16-/m1/s1. The molecule has 0 aromatic carbocycles. The largest absolute Gasteiger partial charge is 0.379 e. The molecule has 24 heavy (non-hydrogen) atoms. The highest BCUT2D eigenvalue weighted by molar-refractivity contribution is 7.90. The minimum absolute atomic E-state index is 0.0797. The van der Waals surface area contributed by atoms with Crippen LogP contribution in [0.3, 0.4) is 0 Å². The van der Waals surface area contributed by atoms with Crippen molar-refractivity contribution in [1.29, 1.82) is 0 Å². The SMILES string of the molecule is Cn1ccnc1CN1CC[C@@]2(COCCN(S(=O)(=O)C3CC3)C2)C1. The summed E-state index contributed by atoms with van der Waals surface area (Å²) in [6.45, 7) is 4.90. The van der Waals surface area contributed by atoms with Gasteiger partial charge in [-0.1, -0.05) is 0 Å². The van der Waals surface area contributed by atoms with Crippen LogP contribution in [0.4, 0.5) is 0 Å². The zero-order chi connectivity index (χ0) is 16.8. The van der Waals surface area contributed by atoms with Crippen molar-refractivity contribution >= 4 is 10.0 Å². The van der Waals surface area contributed by atoms with E-state index in [9.17, 15) is 8.42 Å². The quantitative estimate of drug-likeness (QED) is 0.785. The number of rotatable bonds is 4. The smallest absolute Gasteiger partial charge is 0.217 e. The molecular weight excluding hydrogens is 328 g/mol. The van der Waals surface area contributed by atoms with E-state index in [1.54, 1.807) is 4.31 Å². The molecule has 134 valence electrons. The normalized spacial score (nSPS) is 30.0. The predicted molar refractivity (Wildman–Crippen MR) is 89.9 cm³/mol. The maximum Gasteiger partial charge on any atom is 0.217 e. The van der Waals surface area contributed by atoms with E-state index < -0.39 is 10.0 Å². The van der Waals surface area contributed by atoms with Crippen LogP contribution in [0.25, 0.3) is 0 Å². The van der Waals surface area contributed by atoms with Crippen LogP contribution in [-0.4, -0.2) is 71.8 Å². The van der Waals surface area contributed by atoms with Gasteiger partial charge < -0.3 is 9.30 Å². The van der Waals surface area contributed by atoms with Crippen LogP contribution >= 0.6 is 0 Å². The number of nitrogens with zero attached hydrogens (tertiary/aromatic N) is 4. The van der Waals surface area contributed by atoms with Crippen molar-refractivity contribution in [2.75, 3.05) is 39.4 Å². The molecule has 8 heteroatoms. The van der Waals surface area contributed by atoms with Gasteiger partial charge in [-0.25, -0.2) is 13.4 Å². The van der Waals surface area contributed by atoms with Crippen LogP contribution < -0.4 is 0 Å². The monoisotopic (exact) mass is 354 g/mol. The zero-order valence-electron chi connectivity index (χ0n) is 14.2. The Morgan fingerprint density at radius 3 is 2.88 bits per heavy atom. The lowest BCUT2D eigenvalue weighted by Gasteiger charge is -2.31. The van der Waals surface area contributed by atoms with Crippen LogP contribution in [0.2, 0.25) is 0 Å². The van der Waals surface area contributed by atoms with Crippen molar-refractivity contribution in [2.45, 2.75) is 31.1 Å². The second-order valence-electron chi connectivity index (χ2n) is 7.55. The summed E-state index contributed by atoms with van der Waals surface area (Å²) in [6.07, 6.45) is 6.39. The van der Waals surface area contributed by atoms with E-state index in [1.807, 2.05) is 24.0 Å². The number of imidazole rings is 1. The van der Waals surface area contributed by atoms with Crippen LogP contribution in [0, 0.1) is 5.41 Å².